The van der Waals surface area contributed by atoms with E-state index in [0.29, 0.717) is 5.92 Å². The van der Waals surface area contributed by atoms with Crippen LogP contribution in [-0.4, -0.2) is 15.0 Å². The second kappa shape index (κ2) is 5.68. The van der Waals surface area contributed by atoms with Gasteiger partial charge in [-0.15, -0.1) is 5.10 Å². The van der Waals surface area contributed by atoms with Crippen LogP contribution in [-0.2, 0) is 13.0 Å². The summed E-state index contributed by atoms with van der Waals surface area (Å²) in [4.78, 5) is 0. The number of halogens is 1. The minimum absolute atomic E-state index is 0.669. The van der Waals surface area contributed by atoms with Gasteiger partial charge in [0.25, 0.3) is 0 Å². The van der Waals surface area contributed by atoms with E-state index in [-0.39, 0.29) is 0 Å². The van der Waals surface area contributed by atoms with Gasteiger partial charge in [0.2, 0.25) is 0 Å². The summed E-state index contributed by atoms with van der Waals surface area (Å²) in [5, 5.41) is 8.29. The Morgan fingerprint density at radius 2 is 2.14 bits per heavy atom. The van der Waals surface area contributed by atoms with E-state index in [1.54, 1.807) is 0 Å². The SMILES string of the molecule is CCCCn1nnc(I)c1CC(C)C. The van der Waals surface area contributed by atoms with Crippen LogP contribution < -0.4 is 0 Å². The predicted octanol–water partition coefficient (Wildman–Crippen LogP) is 2.88. The number of hydrogen-bond donors (Lipinski definition) is 0. The van der Waals surface area contributed by atoms with Crippen LogP contribution in [0.25, 0.3) is 0 Å². The average Bonchev–Trinajstić information content (AvgIpc) is 2.45. The topological polar surface area (TPSA) is 30.7 Å². The largest absolute Gasteiger partial charge is 0.248 e. The van der Waals surface area contributed by atoms with Crippen LogP contribution in [0.15, 0.2) is 0 Å². The summed E-state index contributed by atoms with van der Waals surface area (Å²) >= 11 is 2.27. The van der Waals surface area contributed by atoms with Gasteiger partial charge in [-0.25, -0.2) is 4.68 Å². The van der Waals surface area contributed by atoms with Gasteiger partial charge in [0.1, 0.15) is 3.70 Å². The van der Waals surface area contributed by atoms with Crippen LogP contribution in [0.2, 0.25) is 0 Å². The Kier molecular flexibility index (Phi) is 4.84. The average molecular weight is 307 g/mol. The van der Waals surface area contributed by atoms with E-state index in [0.717, 1.165) is 16.7 Å². The predicted molar refractivity (Wildman–Crippen MR) is 66.2 cm³/mol. The number of rotatable bonds is 5. The van der Waals surface area contributed by atoms with Crippen LogP contribution in [0.3, 0.4) is 0 Å². The van der Waals surface area contributed by atoms with Crippen molar-refractivity contribution in [3.8, 4) is 0 Å². The number of aromatic nitrogens is 3. The molecule has 0 aliphatic heterocycles. The third-order valence-corrected chi connectivity index (χ3v) is 2.95. The lowest BCUT2D eigenvalue weighted by molar-refractivity contribution is 0.510. The third kappa shape index (κ3) is 3.22. The van der Waals surface area contributed by atoms with Crippen molar-refractivity contribution in [2.45, 2.75) is 46.6 Å². The van der Waals surface area contributed by atoms with Crippen LogP contribution in [0.1, 0.15) is 39.3 Å². The van der Waals surface area contributed by atoms with Gasteiger partial charge >= 0.3 is 0 Å². The Balaban J connectivity index is 2.72. The lowest BCUT2D eigenvalue weighted by atomic mass is 10.1. The van der Waals surface area contributed by atoms with E-state index in [9.17, 15) is 0 Å². The first kappa shape index (κ1) is 11.9. The van der Waals surface area contributed by atoms with Crippen molar-refractivity contribution in [3.63, 3.8) is 0 Å². The van der Waals surface area contributed by atoms with Crippen molar-refractivity contribution in [2.75, 3.05) is 0 Å². The summed E-state index contributed by atoms with van der Waals surface area (Å²) in [6, 6.07) is 0. The number of nitrogens with zero attached hydrogens (tertiary/aromatic N) is 3. The molecule has 0 N–H and O–H groups in total. The van der Waals surface area contributed by atoms with E-state index >= 15 is 0 Å². The molecule has 0 atom stereocenters. The van der Waals surface area contributed by atoms with Crippen molar-refractivity contribution < 1.29 is 0 Å². The Labute approximate surface area is 99.4 Å². The molecule has 0 amide bonds. The molecule has 1 aromatic rings. The molecule has 0 saturated carbocycles. The van der Waals surface area contributed by atoms with E-state index < -0.39 is 0 Å². The van der Waals surface area contributed by atoms with E-state index in [1.807, 2.05) is 0 Å². The molecule has 1 heterocycles. The molecule has 14 heavy (non-hydrogen) atoms. The molecule has 0 radical (unpaired) electrons. The van der Waals surface area contributed by atoms with Crippen molar-refractivity contribution in [1.82, 2.24) is 15.0 Å². The van der Waals surface area contributed by atoms with Gasteiger partial charge in [0, 0.05) is 6.54 Å². The minimum Gasteiger partial charge on any atom is -0.248 e. The fraction of sp³-hybridized carbons (Fsp3) is 0.800. The maximum absolute atomic E-state index is 4.17. The van der Waals surface area contributed by atoms with Gasteiger partial charge in [-0.2, -0.15) is 0 Å². The summed E-state index contributed by atoms with van der Waals surface area (Å²) < 4.78 is 3.12. The van der Waals surface area contributed by atoms with E-state index in [2.05, 4.69) is 58.4 Å². The van der Waals surface area contributed by atoms with E-state index in [1.165, 1.54) is 18.5 Å². The summed E-state index contributed by atoms with van der Waals surface area (Å²) in [6.07, 6.45) is 3.47. The van der Waals surface area contributed by atoms with Gasteiger partial charge in [0.15, 0.2) is 0 Å². The highest BCUT2D eigenvalue weighted by atomic mass is 127. The molecule has 4 heteroatoms. The molecule has 0 aliphatic carbocycles. The van der Waals surface area contributed by atoms with Crippen LogP contribution in [0.4, 0.5) is 0 Å². The summed E-state index contributed by atoms with van der Waals surface area (Å²) in [5.74, 6) is 0.669. The van der Waals surface area contributed by atoms with Crippen molar-refractivity contribution in [2.24, 2.45) is 5.92 Å². The van der Waals surface area contributed by atoms with Crippen LogP contribution in [0.5, 0.6) is 0 Å². The van der Waals surface area contributed by atoms with Gasteiger partial charge in [0.05, 0.1) is 5.69 Å². The number of hydrogen-bond acceptors (Lipinski definition) is 2. The third-order valence-electron chi connectivity index (χ3n) is 2.12. The van der Waals surface area contributed by atoms with Gasteiger partial charge in [-0.3, -0.25) is 0 Å². The zero-order chi connectivity index (χ0) is 10.6. The van der Waals surface area contributed by atoms with Crippen molar-refractivity contribution in [3.05, 3.63) is 9.39 Å². The smallest absolute Gasteiger partial charge is 0.146 e. The lowest BCUT2D eigenvalue weighted by Gasteiger charge is -2.07. The highest BCUT2D eigenvalue weighted by Crippen LogP contribution is 2.14. The maximum atomic E-state index is 4.17. The molecule has 0 aliphatic rings. The summed E-state index contributed by atoms with van der Waals surface area (Å²) in [6.45, 7) is 7.67. The lowest BCUT2D eigenvalue weighted by Crippen LogP contribution is -2.08. The molecule has 80 valence electrons. The highest BCUT2D eigenvalue weighted by Gasteiger charge is 2.11. The van der Waals surface area contributed by atoms with Gasteiger partial charge < -0.3 is 0 Å². The summed E-state index contributed by atoms with van der Waals surface area (Å²) in [7, 11) is 0. The molecular formula is C10H18IN3. The molecule has 1 aromatic heterocycles. The molecule has 0 saturated heterocycles. The zero-order valence-electron chi connectivity index (χ0n) is 9.13. The fourth-order valence-electron chi connectivity index (χ4n) is 1.38. The standard InChI is InChI=1S/C10H18IN3/c1-4-5-6-14-9(7-8(2)3)10(11)12-13-14/h8H,4-7H2,1-3H3. The second-order valence-electron chi connectivity index (χ2n) is 4.00. The molecular weight excluding hydrogens is 289 g/mol. The minimum atomic E-state index is 0.669. The molecule has 3 nitrogen and oxygen atoms in total. The molecule has 0 spiro atoms. The first-order valence-electron chi connectivity index (χ1n) is 5.23. The van der Waals surface area contributed by atoms with Gasteiger partial charge in [-0.05, 0) is 41.4 Å². The van der Waals surface area contributed by atoms with Gasteiger partial charge in [-0.1, -0.05) is 32.4 Å². The highest BCUT2D eigenvalue weighted by molar-refractivity contribution is 14.1. The molecule has 0 aromatic carbocycles. The van der Waals surface area contributed by atoms with Crippen molar-refractivity contribution in [1.29, 1.82) is 0 Å². The second-order valence-corrected chi connectivity index (χ2v) is 5.02. The Hall–Kier alpha value is -0.130. The monoisotopic (exact) mass is 307 g/mol. The van der Waals surface area contributed by atoms with Crippen molar-refractivity contribution >= 4 is 22.6 Å². The fourth-order valence-corrected chi connectivity index (χ4v) is 1.97. The summed E-state index contributed by atoms with van der Waals surface area (Å²) in [5.41, 5.74) is 1.30. The Bertz CT molecular complexity index is 281. The normalized spacial score (nSPS) is 11.2. The van der Waals surface area contributed by atoms with Crippen LogP contribution >= 0.6 is 22.6 Å². The van der Waals surface area contributed by atoms with E-state index in [4.69, 9.17) is 0 Å². The first-order chi connectivity index (χ1) is 6.65. The Morgan fingerprint density at radius 1 is 1.43 bits per heavy atom. The Morgan fingerprint density at radius 3 is 2.71 bits per heavy atom. The maximum Gasteiger partial charge on any atom is 0.146 e. The van der Waals surface area contributed by atoms with Crippen LogP contribution in [0, 0.1) is 9.62 Å². The zero-order valence-corrected chi connectivity index (χ0v) is 11.3. The molecule has 0 unspecified atom stereocenters. The molecule has 0 fully saturated rings. The molecule has 1 rings (SSSR count). The number of aryl methyl sites for hydroxylation is 1. The quantitative estimate of drug-likeness (QED) is 0.783. The molecule has 0 bridgehead atoms. The number of unbranched alkanes of at least 4 members (excludes halogenated alkanes) is 1. The first-order valence-corrected chi connectivity index (χ1v) is 6.30.